The molecule has 1 rings (SSSR count). The molecule has 4 heteroatoms. The van der Waals surface area contributed by atoms with Crippen molar-refractivity contribution in [3.63, 3.8) is 0 Å². The van der Waals surface area contributed by atoms with Crippen LogP contribution >= 0.6 is 0 Å². The monoisotopic (exact) mass is 266 g/mol. The van der Waals surface area contributed by atoms with E-state index in [4.69, 9.17) is 0 Å². The highest BCUT2D eigenvalue weighted by atomic mass is 15.2. The molecule has 0 spiro atoms. The van der Waals surface area contributed by atoms with Crippen LogP contribution in [-0.2, 0) is 0 Å². The number of hydrogen-bond acceptors (Lipinski definition) is 4. The molecule has 1 heterocycles. The van der Waals surface area contributed by atoms with E-state index in [1.807, 2.05) is 0 Å². The second kappa shape index (κ2) is 8.52. The minimum atomic E-state index is -0.308. The minimum absolute atomic E-state index is 0.308. The summed E-state index contributed by atoms with van der Waals surface area (Å²) in [5.41, 5.74) is -0.308. The van der Waals surface area contributed by atoms with E-state index in [2.05, 4.69) is 42.1 Å². The summed E-state index contributed by atoms with van der Waals surface area (Å²) in [6.45, 7) is 10.9. The maximum atomic E-state index is 9.39. The summed E-state index contributed by atoms with van der Waals surface area (Å²) in [6.07, 6.45) is 4.22. The summed E-state index contributed by atoms with van der Waals surface area (Å²) in [5, 5.41) is 12.8. The molecule has 19 heavy (non-hydrogen) atoms. The van der Waals surface area contributed by atoms with Gasteiger partial charge in [-0.05, 0) is 58.9 Å². The van der Waals surface area contributed by atoms with Gasteiger partial charge in [-0.2, -0.15) is 5.26 Å². The van der Waals surface area contributed by atoms with Crippen LogP contribution in [0.5, 0.6) is 0 Å². The van der Waals surface area contributed by atoms with Crippen LogP contribution in [0.1, 0.15) is 39.5 Å². The standard InChI is InChI=1S/C15H30N4/c1-4-15(14-16,17-5-2)8-6-10-19-11-7-9-18(3)12-13-19/h17H,4-13H2,1-3H3. The zero-order valence-corrected chi connectivity index (χ0v) is 12.9. The van der Waals surface area contributed by atoms with Gasteiger partial charge in [-0.15, -0.1) is 0 Å². The number of nitrogens with one attached hydrogen (secondary N) is 1. The van der Waals surface area contributed by atoms with Gasteiger partial charge in [0.1, 0.15) is 5.54 Å². The fourth-order valence-corrected chi connectivity index (χ4v) is 2.83. The third-order valence-electron chi connectivity index (χ3n) is 4.22. The predicted octanol–water partition coefficient (Wildman–Crippen LogP) is 1.69. The maximum absolute atomic E-state index is 9.39. The van der Waals surface area contributed by atoms with Gasteiger partial charge in [0.15, 0.2) is 0 Å². The summed E-state index contributed by atoms with van der Waals surface area (Å²) in [4.78, 5) is 4.96. The second-order valence-corrected chi connectivity index (χ2v) is 5.68. The largest absolute Gasteiger partial charge is 0.305 e. The molecule has 4 nitrogen and oxygen atoms in total. The summed E-state index contributed by atoms with van der Waals surface area (Å²) in [7, 11) is 2.20. The molecular formula is C15H30N4. The highest BCUT2D eigenvalue weighted by Crippen LogP contribution is 2.17. The lowest BCUT2D eigenvalue weighted by Gasteiger charge is -2.27. The molecule has 0 bridgehead atoms. The van der Waals surface area contributed by atoms with Crippen LogP contribution in [0, 0.1) is 11.3 Å². The molecule has 0 aromatic carbocycles. The van der Waals surface area contributed by atoms with Crippen LogP contribution in [0.15, 0.2) is 0 Å². The van der Waals surface area contributed by atoms with Crippen molar-refractivity contribution in [1.29, 1.82) is 5.26 Å². The highest BCUT2D eigenvalue weighted by molar-refractivity contribution is 5.06. The van der Waals surface area contributed by atoms with E-state index in [0.29, 0.717) is 0 Å². The number of nitrogens with zero attached hydrogens (tertiary/aromatic N) is 3. The van der Waals surface area contributed by atoms with Crippen molar-refractivity contribution in [2.75, 3.05) is 46.3 Å². The first-order valence-electron chi connectivity index (χ1n) is 7.73. The number of rotatable bonds is 7. The van der Waals surface area contributed by atoms with Crippen LogP contribution in [0.2, 0.25) is 0 Å². The van der Waals surface area contributed by atoms with Gasteiger partial charge in [-0.25, -0.2) is 0 Å². The fourth-order valence-electron chi connectivity index (χ4n) is 2.83. The van der Waals surface area contributed by atoms with Gasteiger partial charge in [-0.3, -0.25) is 5.32 Å². The molecule has 110 valence electrons. The molecule has 0 radical (unpaired) electrons. The lowest BCUT2D eigenvalue weighted by molar-refractivity contribution is 0.257. The molecule has 0 aliphatic carbocycles. The Balaban J connectivity index is 2.33. The first kappa shape index (κ1) is 16.4. The third kappa shape index (κ3) is 5.48. The van der Waals surface area contributed by atoms with Crippen molar-refractivity contribution in [3.8, 4) is 6.07 Å². The molecule has 0 amide bonds. The Kier molecular flexibility index (Phi) is 7.37. The molecule has 1 aliphatic heterocycles. The molecular weight excluding hydrogens is 236 g/mol. The smallest absolute Gasteiger partial charge is 0.106 e. The third-order valence-corrected chi connectivity index (χ3v) is 4.22. The van der Waals surface area contributed by atoms with Crippen LogP contribution in [0.25, 0.3) is 0 Å². The van der Waals surface area contributed by atoms with E-state index < -0.39 is 0 Å². The van der Waals surface area contributed by atoms with Gasteiger partial charge >= 0.3 is 0 Å². The zero-order valence-electron chi connectivity index (χ0n) is 12.9. The minimum Gasteiger partial charge on any atom is -0.305 e. The zero-order chi connectivity index (χ0) is 14.1. The van der Waals surface area contributed by atoms with Crippen molar-refractivity contribution in [3.05, 3.63) is 0 Å². The van der Waals surface area contributed by atoms with E-state index in [1.54, 1.807) is 0 Å². The molecule has 1 saturated heterocycles. The lowest BCUT2D eigenvalue weighted by atomic mass is 9.92. The lowest BCUT2D eigenvalue weighted by Crippen LogP contribution is -2.44. The topological polar surface area (TPSA) is 42.3 Å². The Hall–Kier alpha value is -0.630. The van der Waals surface area contributed by atoms with Crippen LogP contribution < -0.4 is 5.32 Å². The van der Waals surface area contributed by atoms with Gasteiger partial charge in [0.05, 0.1) is 6.07 Å². The Bertz CT molecular complexity index is 286. The summed E-state index contributed by atoms with van der Waals surface area (Å²) >= 11 is 0. The average molecular weight is 266 g/mol. The van der Waals surface area contributed by atoms with Gasteiger partial charge in [0.2, 0.25) is 0 Å². The molecule has 1 unspecified atom stereocenters. The first-order valence-corrected chi connectivity index (χ1v) is 7.73. The van der Waals surface area contributed by atoms with Crippen molar-refractivity contribution in [2.45, 2.75) is 45.1 Å². The predicted molar refractivity (Wildman–Crippen MR) is 80.1 cm³/mol. The number of likely N-dealkylation sites (N-methyl/N-ethyl adjacent to an activating group) is 1. The number of nitriles is 1. The molecule has 0 aromatic heterocycles. The molecule has 0 aromatic rings. The second-order valence-electron chi connectivity index (χ2n) is 5.68. The molecule has 1 N–H and O–H groups in total. The normalized spacial score (nSPS) is 21.6. The molecule has 1 fully saturated rings. The van der Waals surface area contributed by atoms with Gasteiger partial charge in [0, 0.05) is 13.1 Å². The quantitative estimate of drug-likeness (QED) is 0.761. The summed E-state index contributed by atoms with van der Waals surface area (Å²) in [6, 6.07) is 2.49. The summed E-state index contributed by atoms with van der Waals surface area (Å²) < 4.78 is 0. The van der Waals surface area contributed by atoms with Crippen molar-refractivity contribution in [1.82, 2.24) is 15.1 Å². The fraction of sp³-hybridized carbons (Fsp3) is 0.933. The van der Waals surface area contributed by atoms with E-state index >= 15 is 0 Å². The number of hydrogen-bond donors (Lipinski definition) is 1. The van der Waals surface area contributed by atoms with E-state index in [9.17, 15) is 5.26 Å². The average Bonchev–Trinajstić information content (AvgIpc) is 2.63. The van der Waals surface area contributed by atoms with Gasteiger partial charge < -0.3 is 9.80 Å². The highest BCUT2D eigenvalue weighted by Gasteiger charge is 2.26. The maximum Gasteiger partial charge on any atom is 0.106 e. The molecule has 0 saturated carbocycles. The van der Waals surface area contributed by atoms with Crippen molar-refractivity contribution >= 4 is 0 Å². The van der Waals surface area contributed by atoms with Crippen molar-refractivity contribution < 1.29 is 0 Å². The SMILES string of the molecule is CCNC(C#N)(CC)CCCN1CCCN(C)CC1. The van der Waals surface area contributed by atoms with Crippen LogP contribution in [-0.4, -0.2) is 61.7 Å². The van der Waals surface area contributed by atoms with Crippen LogP contribution in [0.3, 0.4) is 0 Å². The Morgan fingerprint density at radius 2 is 2.00 bits per heavy atom. The van der Waals surface area contributed by atoms with E-state index in [1.165, 1.54) is 32.6 Å². The first-order chi connectivity index (χ1) is 9.15. The Morgan fingerprint density at radius 3 is 2.63 bits per heavy atom. The van der Waals surface area contributed by atoms with Crippen LogP contribution in [0.4, 0.5) is 0 Å². The Morgan fingerprint density at radius 1 is 1.21 bits per heavy atom. The van der Waals surface area contributed by atoms with E-state index in [-0.39, 0.29) is 5.54 Å². The van der Waals surface area contributed by atoms with Gasteiger partial charge in [0.25, 0.3) is 0 Å². The summed E-state index contributed by atoms with van der Waals surface area (Å²) in [5.74, 6) is 0. The van der Waals surface area contributed by atoms with Gasteiger partial charge in [-0.1, -0.05) is 13.8 Å². The Labute approximate surface area is 118 Å². The molecule has 1 aliphatic rings. The van der Waals surface area contributed by atoms with E-state index in [0.717, 1.165) is 32.4 Å². The molecule has 1 atom stereocenters. The van der Waals surface area contributed by atoms with Crippen molar-refractivity contribution in [2.24, 2.45) is 0 Å².